The van der Waals surface area contributed by atoms with E-state index in [2.05, 4.69) is 19.2 Å². The molecule has 1 aromatic rings. The van der Waals surface area contributed by atoms with E-state index in [9.17, 15) is 4.39 Å². The van der Waals surface area contributed by atoms with Crippen molar-refractivity contribution in [2.75, 3.05) is 13.2 Å². The van der Waals surface area contributed by atoms with Crippen molar-refractivity contribution < 1.29 is 9.13 Å². The summed E-state index contributed by atoms with van der Waals surface area (Å²) in [7, 11) is 0. The topological polar surface area (TPSA) is 21.3 Å². The van der Waals surface area contributed by atoms with Gasteiger partial charge in [0, 0.05) is 6.04 Å². The maximum absolute atomic E-state index is 13.0. The molecule has 0 heterocycles. The average Bonchev–Trinajstić information content (AvgIpc) is 2.27. The highest BCUT2D eigenvalue weighted by molar-refractivity contribution is 5.28. The van der Waals surface area contributed by atoms with E-state index in [1.165, 1.54) is 6.07 Å². The van der Waals surface area contributed by atoms with Crippen molar-refractivity contribution in [2.45, 2.75) is 39.7 Å². The summed E-state index contributed by atoms with van der Waals surface area (Å²) < 4.78 is 18.6. The molecule has 0 unspecified atom stereocenters. The molecule has 2 nitrogen and oxygen atoms in total. The Labute approximate surface area is 103 Å². The van der Waals surface area contributed by atoms with Gasteiger partial charge in [0.2, 0.25) is 0 Å². The summed E-state index contributed by atoms with van der Waals surface area (Å²) in [6, 6.07) is 5.40. The molecule has 0 aliphatic heterocycles. The zero-order chi connectivity index (χ0) is 12.7. The van der Waals surface area contributed by atoms with Crippen molar-refractivity contribution in [1.82, 2.24) is 5.32 Å². The number of benzene rings is 1. The van der Waals surface area contributed by atoms with E-state index in [0.717, 1.165) is 25.1 Å². The van der Waals surface area contributed by atoms with Gasteiger partial charge in [-0.15, -0.1) is 0 Å². The molecular weight excluding hydrogens is 217 g/mol. The Bertz CT molecular complexity index is 339. The Kier molecular flexibility index (Phi) is 5.98. The molecule has 0 fully saturated rings. The van der Waals surface area contributed by atoms with Crippen molar-refractivity contribution in [3.63, 3.8) is 0 Å². The third kappa shape index (κ3) is 5.68. The second kappa shape index (κ2) is 7.28. The van der Waals surface area contributed by atoms with E-state index in [1.807, 2.05) is 0 Å². The number of halogens is 1. The Morgan fingerprint density at radius 1 is 1.29 bits per heavy atom. The second-order valence-corrected chi connectivity index (χ2v) is 4.58. The van der Waals surface area contributed by atoms with Crippen molar-refractivity contribution in [1.29, 1.82) is 0 Å². The molecule has 0 aliphatic rings. The van der Waals surface area contributed by atoms with Crippen LogP contribution in [-0.4, -0.2) is 19.2 Å². The Morgan fingerprint density at radius 2 is 2.06 bits per heavy atom. The number of unbranched alkanes of at least 4 members (excludes halogenated alkanes) is 1. The van der Waals surface area contributed by atoms with Gasteiger partial charge >= 0.3 is 0 Å². The summed E-state index contributed by atoms with van der Waals surface area (Å²) in [5, 5.41) is 3.36. The first kappa shape index (κ1) is 14.0. The van der Waals surface area contributed by atoms with Gasteiger partial charge in [0.05, 0.1) is 6.61 Å². The van der Waals surface area contributed by atoms with Crippen LogP contribution in [0.2, 0.25) is 0 Å². The molecule has 3 heteroatoms. The molecule has 1 aromatic carbocycles. The highest BCUT2D eigenvalue weighted by Crippen LogP contribution is 2.16. The van der Waals surface area contributed by atoms with Crippen LogP contribution in [0.5, 0.6) is 5.75 Å². The number of ether oxygens (including phenoxy) is 1. The fraction of sp³-hybridized carbons (Fsp3) is 0.571. The maximum Gasteiger partial charge on any atom is 0.126 e. The number of nitrogens with one attached hydrogen (secondary N) is 1. The minimum Gasteiger partial charge on any atom is -0.494 e. The SMILES string of the molecule is Cc1cc(OCCCCNC(C)C)ccc1F. The Hall–Kier alpha value is -1.09. The lowest BCUT2D eigenvalue weighted by atomic mass is 10.2. The zero-order valence-electron chi connectivity index (χ0n) is 10.9. The van der Waals surface area contributed by atoms with Crippen LogP contribution in [0.25, 0.3) is 0 Å². The second-order valence-electron chi connectivity index (χ2n) is 4.58. The minimum absolute atomic E-state index is 0.182. The summed E-state index contributed by atoms with van der Waals surface area (Å²) >= 11 is 0. The molecule has 0 atom stereocenters. The molecule has 0 aliphatic carbocycles. The molecule has 0 spiro atoms. The average molecular weight is 239 g/mol. The van der Waals surface area contributed by atoms with Gasteiger partial charge in [-0.1, -0.05) is 13.8 Å². The normalized spacial score (nSPS) is 10.9. The van der Waals surface area contributed by atoms with Crippen LogP contribution >= 0.6 is 0 Å². The summed E-state index contributed by atoms with van der Waals surface area (Å²) in [4.78, 5) is 0. The molecule has 0 radical (unpaired) electrons. The quantitative estimate of drug-likeness (QED) is 0.737. The van der Waals surface area contributed by atoms with E-state index in [-0.39, 0.29) is 5.82 Å². The summed E-state index contributed by atoms with van der Waals surface area (Å²) in [5.41, 5.74) is 0.629. The van der Waals surface area contributed by atoms with Gasteiger partial charge < -0.3 is 10.1 Å². The van der Waals surface area contributed by atoms with Gasteiger partial charge in [-0.25, -0.2) is 4.39 Å². The first-order valence-electron chi connectivity index (χ1n) is 6.22. The van der Waals surface area contributed by atoms with E-state index >= 15 is 0 Å². The molecule has 0 amide bonds. The van der Waals surface area contributed by atoms with E-state index in [4.69, 9.17) is 4.74 Å². The van der Waals surface area contributed by atoms with E-state index in [1.54, 1.807) is 19.1 Å². The first-order chi connectivity index (χ1) is 8.09. The Balaban J connectivity index is 2.16. The fourth-order valence-corrected chi connectivity index (χ4v) is 1.51. The van der Waals surface area contributed by atoms with Crippen molar-refractivity contribution in [3.8, 4) is 5.75 Å². The van der Waals surface area contributed by atoms with Gasteiger partial charge in [0.25, 0.3) is 0 Å². The third-order valence-electron chi connectivity index (χ3n) is 2.52. The van der Waals surface area contributed by atoms with E-state index in [0.29, 0.717) is 18.2 Å². The number of hydrogen-bond acceptors (Lipinski definition) is 2. The molecule has 0 saturated heterocycles. The van der Waals surface area contributed by atoms with Crippen LogP contribution in [0.3, 0.4) is 0 Å². The fourth-order valence-electron chi connectivity index (χ4n) is 1.51. The molecule has 1 rings (SSSR count). The van der Waals surface area contributed by atoms with Crippen LogP contribution in [0.4, 0.5) is 4.39 Å². The predicted octanol–water partition coefficient (Wildman–Crippen LogP) is 3.29. The van der Waals surface area contributed by atoms with Gasteiger partial charge in [0.15, 0.2) is 0 Å². The van der Waals surface area contributed by atoms with Crippen molar-refractivity contribution in [3.05, 3.63) is 29.6 Å². The lowest BCUT2D eigenvalue weighted by Gasteiger charge is -2.09. The minimum atomic E-state index is -0.182. The number of hydrogen-bond donors (Lipinski definition) is 1. The highest BCUT2D eigenvalue weighted by Gasteiger charge is 1.99. The summed E-state index contributed by atoms with van der Waals surface area (Å²) in [5.74, 6) is 0.569. The van der Waals surface area contributed by atoms with Crippen LogP contribution in [0.1, 0.15) is 32.3 Å². The largest absolute Gasteiger partial charge is 0.494 e. The lowest BCUT2D eigenvalue weighted by Crippen LogP contribution is -2.23. The first-order valence-corrected chi connectivity index (χ1v) is 6.22. The Morgan fingerprint density at radius 3 is 2.71 bits per heavy atom. The molecule has 0 bridgehead atoms. The third-order valence-corrected chi connectivity index (χ3v) is 2.52. The molecule has 96 valence electrons. The van der Waals surface area contributed by atoms with Crippen LogP contribution < -0.4 is 10.1 Å². The van der Waals surface area contributed by atoms with Crippen molar-refractivity contribution in [2.24, 2.45) is 0 Å². The van der Waals surface area contributed by atoms with Crippen LogP contribution in [0.15, 0.2) is 18.2 Å². The van der Waals surface area contributed by atoms with Gasteiger partial charge in [-0.3, -0.25) is 0 Å². The number of aryl methyl sites for hydroxylation is 1. The zero-order valence-corrected chi connectivity index (χ0v) is 10.9. The van der Waals surface area contributed by atoms with Gasteiger partial charge in [-0.2, -0.15) is 0 Å². The lowest BCUT2D eigenvalue weighted by molar-refractivity contribution is 0.304. The predicted molar refractivity (Wildman–Crippen MR) is 69.0 cm³/mol. The van der Waals surface area contributed by atoms with Crippen molar-refractivity contribution >= 4 is 0 Å². The molecular formula is C14H22FNO. The highest BCUT2D eigenvalue weighted by atomic mass is 19.1. The summed E-state index contributed by atoms with van der Waals surface area (Å²) in [6.45, 7) is 7.72. The molecule has 1 N–H and O–H groups in total. The molecule has 0 saturated carbocycles. The smallest absolute Gasteiger partial charge is 0.126 e. The maximum atomic E-state index is 13.0. The molecule has 17 heavy (non-hydrogen) atoms. The van der Waals surface area contributed by atoms with Crippen LogP contribution in [0, 0.1) is 12.7 Å². The van der Waals surface area contributed by atoms with E-state index < -0.39 is 0 Å². The number of rotatable bonds is 7. The summed E-state index contributed by atoms with van der Waals surface area (Å²) in [6.07, 6.45) is 2.11. The van der Waals surface area contributed by atoms with Crippen LogP contribution in [-0.2, 0) is 0 Å². The standard InChI is InChI=1S/C14H22FNO/c1-11(2)16-8-4-5-9-17-13-6-7-14(15)12(3)10-13/h6-7,10-11,16H,4-5,8-9H2,1-3H3. The monoisotopic (exact) mass is 239 g/mol. The molecule has 0 aromatic heterocycles. The van der Waals surface area contributed by atoms with Gasteiger partial charge in [-0.05, 0) is 50.1 Å². The van der Waals surface area contributed by atoms with Gasteiger partial charge in [0.1, 0.15) is 11.6 Å².